The van der Waals surface area contributed by atoms with E-state index in [2.05, 4.69) is 27.7 Å². The molecule has 3 rings (SSSR count). The molecule has 0 unspecified atom stereocenters. The number of benzene rings is 1. The first-order valence-corrected chi connectivity index (χ1v) is 9.19. The average molecular weight is 345 g/mol. The first-order chi connectivity index (χ1) is 12.1. The van der Waals surface area contributed by atoms with Gasteiger partial charge in [0.15, 0.2) is 0 Å². The molecule has 1 aliphatic heterocycles. The van der Waals surface area contributed by atoms with Crippen molar-refractivity contribution >= 4 is 0 Å². The molecule has 2 heterocycles. The number of aromatic nitrogens is 2. The van der Waals surface area contributed by atoms with Crippen molar-refractivity contribution in [3.8, 4) is 0 Å². The van der Waals surface area contributed by atoms with E-state index in [1.807, 2.05) is 19.1 Å². The fourth-order valence-electron chi connectivity index (χ4n) is 3.50. The van der Waals surface area contributed by atoms with Crippen LogP contribution in [-0.4, -0.2) is 40.5 Å². The molecule has 0 saturated carbocycles. The summed E-state index contributed by atoms with van der Waals surface area (Å²) >= 11 is 0. The number of ether oxygens (including phenoxy) is 1. The summed E-state index contributed by atoms with van der Waals surface area (Å²) in [5.74, 6) is -0.182. The highest BCUT2D eigenvalue weighted by atomic mass is 19.1. The Morgan fingerprint density at radius 3 is 2.72 bits per heavy atom. The van der Waals surface area contributed by atoms with E-state index in [9.17, 15) is 4.39 Å². The lowest BCUT2D eigenvalue weighted by atomic mass is 10.1. The number of nitrogens with zero attached hydrogens (tertiary/aromatic N) is 3. The van der Waals surface area contributed by atoms with Crippen molar-refractivity contribution in [1.29, 1.82) is 0 Å². The van der Waals surface area contributed by atoms with Gasteiger partial charge in [-0.15, -0.1) is 0 Å². The van der Waals surface area contributed by atoms with E-state index in [1.165, 1.54) is 17.8 Å². The second-order valence-electron chi connectivity index (χ2n) is 7.00. The normalized spacial score (nSPS) is 17.5. The van der Waals surface area contributed by atoms with Crippen LogP contribution >= 0.6 is 0 Å². The number of aryl methyl sites for hydroxylation is 3. The summed E-state index contributed by atoms with van der Waals surface area (Å²) in [7, 11) is 0. The SMILES string of the molecule is Cc1cc(C)n(CCCN(Cc2ccc(F)cc2)C[C@H]2CCCO2)n1. The van der Waals surface area contributed by atoms with Gasteiger partial charge in [-0.1, -0.05) is 12.1 Å². The minimum Gasteiger partial charge on any atom is -0.377 e. The molecular weight excluding hydrogens is 317 g/mol. The predicted octanol–water partition coefficient (Wildman–Crippen LogP) is 3.71. The van der Waals surface area contributed by atoms with Crippen LogP contribution in [0, 0.1) is 19.7 Å². The van der Waals surface area contributed by atoms with Crippen LogP contribution < -0.4 is 0 Å². The third-order valence-electron chi connectivity index (χ3n) is 4.75. The molecule has 0 N–H and O–H groups in total. The van der Waals surface area contributed by atoms with Crippen molar-refractivity contribution < 1.29 is 9.13 Å². The van der Waals surface area contributed by atoms with Crippen LogP contribution in [0.25, 0.3) is 0 Å². The summed E-state index contributed by atoms with van der Waals surface area (Å²) in [4.78, 5) is 2.43. The quantitative estimate of drug-likeness (QED) is 0.731. The summed E-state index contributed by atoms with van der Waals surface area (Å²) in [5, 5.41) is 4.54. The monoisotopic (exact) mass is 345 g/mol. The van der Waals surface area contributed by atoms with Gasteiger partial charge in [-0.05, 0) is 56.9 Å². The third kappa shape index (κ3) is 5.38. The Balaban J connectivity index is 1.57. The topological polar surface area (TPSA) is 30.3 Å². The van der Waals surface area contributed by atoms with Gasteiger partial charge in [0.05, 0.1) is 11.8 Å². The lowest BCUT2D eigenvalue weighted by Crippen LogP contribution is -2.33. The molecule has 0 amide bonds. The van der Waals surface area contributed by atoms with E-state index in [0.29, 0.717) is 6.10 Å². The number of halogens is 1. The lowest BCUT2D eigenvalue weighted by molar-refractivity contribution is 0.0696. The first kappa shape index (κ1) is 18.1. The van der Waals surface area contributed by atoms with Gasteiger partial charge in [0.2, 0.25) is 0 Å². The van der Waals surface area contributed by atoms with Crippen LogP contribution in [0.3, 0.4) is 0 Å². The fourth-order valence-corrected chi connectivity index (χ4v) is 3.50. The van der Waals surface area contributed by atoms with E-state index in [-0.39, 0.29) is 5.82 Å². The highest BCUT2D eigenvalue weighted by molar-refractivity contribution is 5.16. The number of rotatable bonds is 8. The van der Waals surface area contributed by atoms with Crippen LogP contribution in [0.1, 0.15) is 36.2 Å². The van der Waals surface area contributed by atoms with Crippen molar-refractivity contribution in [2.75, 3.05) is 19.7 Å². The molecule has 1 fully saturated rings. The Bertz CT molecular complexity index is 662. The largest absolute Gasteiger partial charge is 0.377 e. The van der Waals surface area contributed by atoms with E-state index in [0.717, 1.165) is 63.3 Å². The summed E-state index contributed by atoms with van der Waals surface area (Å²) in [6.45, 7) is 8.68. The van der Waals surface area contributed by atoms with Crippen LogP contribution in [-0.2, 0) is 17.8 Å². The Morgan fingerprint density at radius 2 is 2.08 bits per heavy atom. The molecule has 1 atom stereocenters. The van der Waals surface area contributed by atoms with Crippen molar-refractivity contribution in [1.82, 2.24) is 14.7 Å². The molecule has 0 aliphatic carbocycles. The highest BCUT2D eigenvalue weighted by Gasteiger charge is 2.19. The van der Waals surface area contributed by atoms with E-state index in [4.69, 9.17) is 4.74 Å². The second-order valence-corrected chi connectivity index (χ2v) is 7.00. The molecule has 1 aromatic heterocycles. The summed E-state index contributed by atoms with van der Waals surface area (Å²) < 4.78 is 21.0. The molecule has 5 heteroatoms. The van der Waals surface area contributed by atoms with Gasteiger partial charge in [-0.25, -0.2) is 4.39 Å². The molecule has 1 aliphatic rings. The highest BCUT2D eigenvalue weighted by Crippen LogP contribution is 2.16. The van der Waals surface area contributed by atoms with Gasteiger partial charge in [0, 0.05) is 38.5 Å². The summed E-state index contributed by atoms with van der Waals surface area (Å²) in [6, 6.07) is 8.94. The maximum atomic E-state index is 13.1. The molecule has 0 bridgehead atoms. The minimum absolute atomic E-state index is 0.182. The van der Waals surface area contributed by atoms with Gasteiger partial charge in [-0.2, -0.15) is 5.10 Å². The van der Waals surface area contributed by atoms with Gasteiger partial charge in [-0.3, -0.25) is 9.58 Å². The van der Waals surface area contributed by atoms with Crippen molar-refractivity contribution in [2.24, 2.45) is 0 Å². The zero-order valence-electron chi connectivity index (χ0n) is 15.2. The molecular formula is C20H28FN3O. The van der Waals surface area contributed by atoms with Crippen molar-refractivity contribution in [3.63, 3.8) is 0 Å². The molecule has 25 heavy (non-hydrogen) atoms. The zero-order valence-corrected chi connectivity index (χ0v) is 15.2. The van der Waals surface area contributed by atoms with Crippen LogP contribution in [0.15, 0.2) is 30.3 Å². The Hall–Kier alpha value is -1.72. The molecule has 2 aromatic rings. The molecule has 0 spiro atoms. The predicted molar refractivity (Wildman–Crippen MR) is 97.0 cm³/mol. The van der Waals surface area contributed by atoms with Gasteiger partial charge in [0.25, 0.3) is 0 Å². The number of hydrogen-bond donors (Lipinski definition) is 0. The maximum absolute atomic E-state index is 13.1. The molecule has 136 valence electrons. The smallest absolute Gasteiger partial charge is 0.123 e. The Labute approximate surface area is 149 Å². The third-order valence-corrected chi connectivity index (χ3v) is 4.75. The Kier molecular flexibility index (Phi) is 6.21. The Morgan fingerprint density at radius 1 is 1.28 bits per heavy atom. The van der Waals surface area contributed by atoms with Gasteiger partial charge in [0.1, 0.15) is 5.82 Å². The van der Waals surface area contributed by atoms with Gasteiger partial charge >= 0.3 is 0 Å². The van der Waals surface area contributed by atoms with Crippen LogP contribution in [0.5, 0.6) is 0 Å². The molecule has 0 radical (unpaired) electrons. The average Bonchev–Trinajstić information content (AvgIpc) is 3.19. The molecule has 4 nitrogen and oxygen atoms in total. The second kappa shape index (κ2) is 8.59. The van der Waals surface area contributed by atoms with Crippen LogP contribution in [0.2, 0.25) is 0 Å². The summed E-state index contributed by atoms with van der Waals surface area (Å²) in [6.07, 6.45) is 3.66. The standard InChI is InChI=1S/C20H28FN3O/c1-16-13-17(2)24(22-16)11-4-10-23(15-20-5-3-12-25-20)14-18-6-8-19(21)9-7-18/h6-9,13,20H,3-5,10-12,14-15H2,1-2H3/t20-/m1/s1. The van der Waals surface area contributed by atoms with E-state index < -0.39 is 0 Å². The maximum Gasteiger partial charge on any atom is 0.123 e. The molecule has 1 aromatic carbocycles. The van der Waals surface area contributed by atoms with Crippen LogP contribution in [0.4, 0.5) is 4.39 Å². The molecule has 1 saturated heterocycles. The van der Waals surface area contributed by atoms with E-state index in [1.54, 1.807) is 0 Å². The zero-order chi connectivity index (χ0) is 17.6. The van der Waals surface area contributed by atoms with Crippen molar-refractivity contribution in [3.05, 3.63) is 53.1 Å². The van der Waals surface area contributed by atoms with Crippen molar-refractivity contribution in [2.45, 2.75) is 52.3 Å². The van der Waals surface area contributed by atoms with Gasteiger partial charge < -0.3 is 4.74 Å². The minimum atomic E-state index is -0.182. The first-order valence-electron chi connectivity index (χ1n) is 9.19. The van der Waals surface area contributed by atoms with E-state index >= 15 is 0 Å². The fraction of sp³-hybridized carbons (Fsp3) is 0.550. The lowest BCUT2D eigenvalue weighted by Gasteiger charge is -2.25. The number of hydrogen-bond acceptors (Lipinski definition) is 3. The summed E-state index contributed by atoms with van der Waals surface area (Å²) in [5.41, 5.74) is 3.42.